The molecule has 1 N–H and O–H groups in total. The number of rotatable bonds is 4. The van der Waals surface area contributed by atoms with Crippen LogP contribution >= 0.6 is 23.2 Å². The highest BCUT2D eigenvalue weighted by Gasteiger charge is 2.18. The molecule has 27 heavy (non-hydrogen) atoms. The minimum absolute atomic E-state index is 0.205. The molecule has 0 unspecified atom stereocenters. The molecule has 0 amide bonds. The van der Waals surface area contributed by atoms with Crippen molar-refractivity contribution in [1.29, 1.82) is 0 Å². The second-order valence-corrected chi connectivity index (χ2v) is 7.00. The largest absolute Gasteiger partial charge is 0.478 e. The molecule has 134 valence electrons. The average Bonchev–Trinajstić information content (AvgIpc) is 3.01. The van der Waals surface area contributed by atoms with Crippen LogP contribution in [-0.2, 0) is 6.54 Å². The summed E-state index contributed by atoms with van der Waals surface area (Å²) in [5, 5.41) is 10.8. The molecule has 0 saturated carbocycles. The second kappa shape index (κ2) is 7.06. The zero-order chi connectivity index (χ0) is 19.0. The lowest BCUT2D eigenvalue weighted by Gasteiger charge is -2.11. The number of carboxylic acid groups (broad SMARTS) is 1. The lowest BCUT2D eigenvalue weighted by Crippen LogP contribution is -2.06. The van der Waals surface area contributed by atoms with Gasteiger partial charge in [0.25, 0.3) is 0 Å². The maximum Gasteiger partial charge on any atom is 0.336 e. The number of nitrogens with zero attached hydrogens (tertiary/aromatic N) is 2. The van der Waals surface area contributed by atoms with E-state index in [9.17, 15) is 9.90 Å². The first-order valence-corrected chi connectivity index (χ1v) is 9.01. The van der Waals surface area contributed by atoms with Crippen LogP contribution in [0.25, 0.3) is 22.4 Å². The predicted molar refractivity (Wildman–Crippen MR) is 108 cm³/mol. The summed E-state index contributed by atoms with van der Waals surface area (Å²) in [5.41, 5.74) is 3.39. The normalized spacial score (nSPS) is 11.0. The van der Waals surface area contributed by atoms with Gasteiger partial charge in [-0.05, 0) is 42.0 Å². The predicted octanol–water partition coefficient (Wildman–Crippen LogP) is 5.76. The topological polar surface area (TPSA) is 55.1 Å². The molecule has 3 aromatic carbocycles. The number of hydrogen-bond donors (Lipinski definition) is 1. The van der Waals surface area contributed by atoms with E-state index in [1.54, 1.807) is 36.4 Å². The molecular weight excluding hydrogens is 383 g/mol. The molecule has 6 heteroatoms. The van der Waals surface area contributed by atoms with Crippen LogP contribution in [0.1, 0.15) is 15.9 Å². The van der Waals surface area contributed by atoms with Gasteiger partial charge in [-0.15, -0.1) is 0 Å². The number of aromatic carboxylic acids is 1. The van der Waals surface area contributed by atoms with Gasteiger partial charge in [-0.25, -0.2) is 9.78 Å². The van der Waals surface area contributed by atoms with Gasteiger partial charge in [0.15, 0.2) is 0 Å². The Kier molecular flexibility index (Phi) is 4.60. The van der Waals surface area contributed by atoms with Gasteiger partial charge in [0.1, 0.15) is 5.82 Å². The van der Waals surface area contributed by atoms with Crippen LogP contribution in [0.3, 0.4) is 0 Å². The van der Waals surface area contributed by atoms with Crippen molar-refractivity contribution < 1.29 is 9.90 Å². The lowest BCUT2D eigenvalue weighted by atomic mass is 10.1. The summed E-state index contributed by atoms with van der Waals surface area (Å²) in [4.78, 5) is 16.4. The summed E-state index contributed by atoms with van der Waals surface area (Å²) in [5.74, 6) is -0.408. The Morgan fingerprint density at radius 1 is 0.963 bits per heavy atom. The van der Waals surface area contributed by atoms with Crippen LogP contribution in [0.4, 0.5) is 0 Å². The summed E-state index contributed by atoms with van der Waals surface area (Å²) in [6.45, 7) is 0.526. The fourth-order valence-corrected chi connectivity index (χ4v) is 3.40. The van der Waals surface area contributed by atoms with Crippen molar-refractivity contribution in [1.82, 2.24) is 9.55 Å². The van der Waals surface area contributed by atoms with E-state index >= 15 is 0 Å². The van der Waals surface area contributed by atoms with E-state index in [2.05, 4.69) is 4.98 Å². The minimum Gasteiger partial charge on any atom is -0.478 e. The lowest BCUT2D eigenvalue weighted by molar-refractivity contribution is 0.0697. The molecule has 0 atom stereocenters. The first kappa shape index (κ1) is 17.6. The van der Waals surface area contributed by atoms with E-state index in [0.717, 1.165) is 11.1 Å². The average molecular weight is 397 g/mol. The first-order chi connectivity index (χ1) is 13.0. The van der Waals surface area contributed by atoms with Gasteiger partial charge >= 0.3 is 5.97 Å². The van der Waals surface area contributed by atoms with Crippen LogP contribution in [0.15, 0.2) is 66.7 Å². The Labute approximate surface area is 165 Å². The maximum atomic E-state index is 11.7. The van der Waals surface area contributed by atoms with Crippen molar-refractivity contribution in [3.05, 3.63) is 87.9 Å². The molecule has 4 aromatic rings. The third kappa shape index (κ3) is 3.42. The highest BCUT2D eigenvalue weighted by molar-refractivity contribution is 6.31. The first-order valence-electron chi connectivity index (χ1n) is 8.26. The third-order valence-corrected chi connectivity index (χ3v) is 4.85. The van der Waals surface area contributed by atoms with Crippen LogP contribution in [-0.4, -0.2) is 20.6 Å². The number of carbonyl (C=O) groups is 1. The van der Waals surface area contributed by atoms with Crippen molar-refractivity contribution >= 4 is 40.2 Å². The Hall–Kier alpha value is -2.82. The Morgan fingerprint density at radius 3 is 2.41 bits per heavy atom. The molecule has 4 rings (SSSR count). The van der Waals surface area contributed by atoms with E-state index in [1.165, 1.54) is 0 Å². The summed E-state index contributed by atoms with van der Waals surface area (Å²) >= 11 is 12.1. The summed E-state index contributed by atoms with van der Waals surface area (Å²) < 4.78 is 2.00. The number of fused-ring (bicyclic) bond motifs is 1. The van der Waals surface area contributed by atoms with Crippen LogP contribution in [0.2, 0.25) is 10.0 Å². The number of imidazole rings is 1. The molecule has 0 saturated heterocycles. The van der Waals surface area contributed by atoms with Crippen LogP contribution in [0.5, 0.6) is 0 Å². The zero-order valence-electron chi connectivity index (χ0n) is 14.1. The van der Waals surface area contributed by atoms with Crippen molar-refractivity contribution in [2.24, 2.45) is 0 Å². The molecule has 0 aliphatic rings. The molecule has 0 bridgehead atoms. The van der Waals surface area contributed by atoms with Crippen molar-refractivity contribution in [3.8, 4) is 11.4 Å². The van der Waals surface area contributed by atoms with Crippen molar-refractivity contribution in [2.75, 3.05) is 0 Å². The minimum atomic E-state index is -0.992. The molecule has 0 spiro atoms. The number of aromatic nitrogens is 2. The highest BCUT2D eigenvalue weighted by atomic mass is 35.5. The number of carboxylic acids is 1. The fraction of sp³-hybridized carbons (Fsp3) is 0.0476. The monoisotopic (exact) mass is 396 g/mol. The number of benzene rings is 3. The smallest absolute Gasteiger partial charge is 0.336 e. The molecule has 1 aromatic heterocycles. The Morgan fingerprint density at radius 2 is 1.67 bits per heavy atom. The number of hydrogen-bond acceptors (Lipinski definition) is 2. The van der Waals surface area contributed by atoms with Gasteiger partial charge in [-0.2, -0.15) is 0 Å². The van der Waals surface area contributed by atoms with Gasteiger partial charge in [0.2, 0.25) is 0 Å². The third-order valence-electron chi connectivity index (χ3n) is 4.36. The van der Waals surface area contributed by atoms with Gasteiger partial charge in [-0.3, -0.25) is 0 Å². The van der Waals surface area contributed by atoms with Crippen molar-refractivity contribution in [2.45, 2.75) is 6.54 Å². The molecule has 0 radical (unpaired) electrons. The molecule has 0 aliphatic heterocycles. The van der Waals surface area contributed by atoms with E-state index in [0.29, 0.717) is 33.5 Å². The Balaban J connectivity index is 1.94. The van der Waals surface area contributed by atoms with E-state index < -0.39 is 5.97 Å². The highest BCUT2D eigenvalue weighted by Crippen LogP contribution is 2.30. The summed E-state index contributed by atoms with van der Waals surface area (Å²) in [7, 11) is 0. The fourth-order valence-electron chi connectivity index (χ4n) is 3.11. The zero-order valence-corrected chi connectivity index (χ0v) is 15.6. The van der Waals surface area contributed by atoms with E-state index in [4.69, 9.17) is 23.2 Å². The van der Waals surface area contributed by atoms with E-state index in [-0.39, 0.29) is 5.56 Å². The SMILES string of the molecule is O=C(O)c1ccccc1-c1nc2cc(Cl)ccc2n1Cc1ccc(Cl)cc1. The number of halogens is 2. The molecule has 4 nitrogen and oxygen atoms in total. The van der Waals surface area contributed by atoms with Gasteiger partial charge in [0.05, 0.1) is 16.6 Å². The summed E-state index contributed by atoms with van der Waals surface area (Å²) in [6.07, 6.45) is 0. The van der Waals surface area contributed by atoms with Gasteiger partial charge < -0.3 is 9.67 Å². The molecule has 0 aliphatic carbocycles. The standard InChI is InChI=1S/C21H14Cl2N2O2/c22-14-7-5-13(6-8-14)12-25-19-10-9-15(23)11-18(19)24-20(25)16-3-1-2-4-17(16)21(26)27/h1-11H,12H2,(H,26,27). The van der Waals surface area contributed by atoms with Gasteiger partial charge in [0, 0.05) is 22.2 Å². The molecular formula is C21H14Cl2N2O2. The maximum absolute atomic E-state index is 11.7. The molecule has 1 heterocycles. The molecule has 0 fully saturated rings. The summed E-state index contributed by atoms with van der Waals surface area (Å²) in [6, 6.07) is 19.9. The van der Waals surface area contributed by atoms with E-state index in [1.807, 2.05) is 34.9 Å². The van der Waals surface area contributed by atoms with Crippen LogP contribution in [0, 0.1) is 0 Å². The van der Waals surface area contributed by atoms with Crippen molar-refractivity contribution in [3.63, 3.8) is 0 Å². The van der Waals surface area contributed by atoms with Gasteiger partial charge in [-0.1, -0.05) is 53.5 Å². The second-order valence-electron chi connectivity index (χ2n) is 6.13. The quantitative estimate of drug-likeness (QED) is 0.477. The Bertz CT molecular complexity index is 1150. The van der Waals surface area contributed by atoms with Crippen LogP contribution < -0.4 is 0 Å².